The molecule has 5 atom stereocenters. The molecule has 0 spiro atoms. The number of carbonyl (C=O) groups excluding carboxylic acids is 2. The molecular weight excluding hydrogens is 316 g/mol. The molecule has 0 aliphatic carbocycles. The molecule has 3 rings (SSSR count). The largest absolute Gasteiger partial charge is 0.457 e. The smallest absolute Gasteiger partial charge is 0.303 e. The molecule has 7 heteroatoms. The maximum atomic E-state index is 11.5. The lowest BCUT2D eigenvalue weighted by molar-refractivity contribution is -0.255. The molecule has 1 aromatic carbocycles. The highest BCUT2D eigenvalue weighted by Gasteiger charge is 2.54. The number of benzene rings is 1. The minimum absolute atomic E-state index is 0.256. The third-order valence-electron chi connectivity index (χ3n) is 3.91. The molecule has 24 heavy (non-hydrogen) atoms. The summed E-state index contributed by atoms with van der Waals surface area (Å²) >= 11 is 0. The second-order valence-corrected chi connectivity index (χ2v) is 5.79. The van der Waals surface area contributed by atoms with Crippen LogP contribution >= 0.6 is 0 Å². The van der Waals surface area contributed by atoms with Crippen LogP contribution in [-0.4, -0.2) is 49.3 Å². The van der Waals surface area contributed by atoms with Crippen molar-refractivity contribution in [3.8, 4) is 0 Å². The van der Waals surface area contributed by atoms with Crippen molar-refractivity contribution >= 4 is 11.9 Å². The second kappa shape index (κ2) is 7.29. The van der Waals surface area contributed by atoms with Gasteiger partial charge < -0.3 is 23.7 Å². The Balaban J connectivity index is 1.79. The molecule has 7 nitrogen and oxygen atoms in total. The molecule has 2 aliphatic heterocycles. The SMILES string of the molecule is CC(=O)O[C@H]1[C@@H]2OC[C@@H](O2)[C@@H](OC(C)=O)[C@@H]1OCc1ccccc1. The van der Waals surface area contributed by atoms with Gasteiger partial charge >= 0.3 is 11.9 Å². The molecule has 1 aromatic rings. The average Bonchev–Trinajstić information content (AvgIpc) is 2.98. The normalized spacial score (nSPS) is 31.5. The fourth-order valence-electron chi connectivity index (χ4n) is 2.94. The van der Waals surface area contributed by atoms with Gasteiger partial charge in [0.1, 0.15) is 12.2 Å². The molecule has 0 saturated carbocycles. The van der Waals surface area contributed by atoms with Gasteiger partial charge in [0.25, 0.3) is 0 Å². The van der Waals surface area contributed by atoms with E-state index in [1.165, 1.54) is 13.8 Å². The van der Waals surface area contributed by atoms with Crippen molar-refractivity contribution in [3.63, 3.8) is 0 Å². The Kier molecular flexibility index (Phi) is 5.13. The van der Waals surface area contributed by atoms with Crippen molar-refractivity contribution in [2.75, 3.05) is 6.61 Å². The van der Waals surface area contributed by atoms with Crippen molar-refractivity contribution in [1.82, 2.24) is 0 Å². The first-order valence-corrected chi connectivity index (χ1v) is 7.81. The first kappa shape index (κ1) is 16.9. The predicted octanol–water partition coefficient (Wildman–Crippen LogP) is 1.19. The van der Waals surface area contributed by atoms with Crippen LogP contribution in [0.2, 0.25) is 0 Å². The van der Waals surface area contributed by atoms with Crippen LogP contribution in [0.1, 0.15) is 19.4 Å². The van der Waals surface area contributed by atoms with Crippen LogP contribution in [0.5, 0.6) is 0 Å². The van der Waals surface area contributed by atoms with E-state index in [-0.39, 0.29) is 6.61 Å². The maximum Gasteiger partial charge on any atom is 0.303 e. The van der Waals surface area contributed by atoms with Crippen LogP contribution in [0.3, 0.4) is 0 Å². The van der Waals surface area contributed by atoms with Gasteiger partial charge in [-0.05, 0) is 5.56 Å². The Morgan fingerprint density at radius 1 is 1.04 bits per heavy atom. The molecule has 0 N–H and O–H groups in total. The topological polar surface area (TPSA) is 80.3 Å². The molecule has 2 aliphatic rings. The lowest BCUT2D eigenvalue weighted by Crippen LogP contribution is -2.57. The molecule has 0 unspecified atom stereocenters. The highest BCUT2D eigenvalue weighted by atomic mass is 16.8. The highest BCUT2D eigenvalue weighted by Crippen LogP contribution is 2.34. The van der Waals surface area contributed by atoms with Gasteiger partial charge in [-0.3, -0.25) is 9.59 Å². The van der Waals surface area contributed by atoms with Gasteiger partial charge in [0, 0.05) is 13.8 Å². The molecule has 0 amide bonds. The van der Waals surface area contributed by atoms with Crippen LogP contribution in [0.15, 0.2) is 30.3 Å². The Bertz CT molecular complexity index is 558. The van der Waals surface area contributed by atoms with Gasteiger partial charge in [0.2, 0.25) is 0 Å². The average molecular weight is 336 g/mol. The van der Waals surface area contributed by atoms with Crippen LogP contribution in [0.4, 0.5) is 0 Å². The van der Waals surface area contributed by atoms with E-state index in [0.717, 1.165) is 5.56 Å². The van der Waals surface area contributed by atoms with Crippen molar-refractivity contribution in [3.05, 3.63) is 35.9 Å². The van der Waals surface area contributed by atoms with Crippen LogP contribution in [0, 0.1) is 0 Å². The summed E-state index contributed by atoms with van der Waals surface area (Å²) in [6.45, 7) is 3.17. The van der Waals surface area contributed by atoms with E-state index >= 15 is 0 Å². The lowest BCUT2D eigenvalue weighted by Gasteiger charge is -2.39. The number of hydrogen-bond acceptors (Lipinski definition) is 7. The fraction of sp³-hybridized carbons (Fsp3) is 0.529. The summed E-state index contributed by atoms with van der Waals surface area (Å²) in [4.78, 5) is 22.9. The molecule has 130 valence electrons. The summed E-state index contributed by atoms with van der Waals surface area (Å²) in [5.41, 5.74) is 0.959. The molecule has 2 saturated heterocycles. The fourth-order valence-corrected chi connectivity index (χ4v) is 2.94. The number of ether oxygens (including phenoxy) is 5. The van der Waals surface area contributed by atoms with Gasteiger partial charge in [-0.2, -0.15) is 0 Å². The Morgan fingerprint density at radius 3 is 2.38 bits per heavy atom. The first-order chi connectivity index (χ1) is 11.5. The van der Waals surface area contributed by atoms with Crippen molar-refractivity contribution in [1.29, 1.82) is 0 Å². The standard InChI is InChI=1S/C17H20O7/c1-10(18)22-14-13-9-21-17(24-13)16(23-11(2)19)15(14)20-8-12-6-4-3-5-7-12/h3-7,13-17H,8-9H2,1-2H3/t13-,14-,15+,16-,17-/m1/s1. The van der Waals surface area contributed by atoms with E-state index < -0.39 is 42.6 Å². The Morgan fingerprint density at radius 2 is 1.71 bits per heavy atom. The van der Waals surface area contributed by atoms with Gasteiger partial charge in [0.15, 0.2) is 18.5 Å². The van der Waals surface area contributed by atoms with Crippen LogP contribution < -0.4 is 0 Å². The summed E-state index contributed by atoms with van der Waals surface area (Å²) in [5.74, 6) is -0.934. The van der Waals surface area contributed by atoms with Gasteiger partial charge in [-0.25, -0.2) is 0 Å². The molecule has 0 radical (unpaired) electrons. The second-order valence-electron chi connectivity index (χ2n) is 5.79. The zero-order chi connectivity index (χ0) is 17.1. The number of carbonyl (C=O) groups is 2. The minimum Gasteiger partial charge on any atom is -0.457 e. The van der Waals surface area contributed by atoms with E-state index in [4.69, 9.17) is 23.7 Å². The van der Waals surface area contributed by atoms with Crippen LogP contribution in [0.25, 0.3) is 0 Å². The summed E-state index contributed by atoms with van der Waals surface area (Å²) in [5, 5.41) is 0. The quantitative estimate of drug-likeness (QED) is 0.747. The van der Waals surface area contributed by atoms with E-state index in [1.54, 1.807) is 0 Å². The predicted molar refractivity (Wildman–Crippen MR) is 80.7 cm³/mol. The molecular formula is C17H20O7. The van der Waals surface area contributed by atoms with Gasteiger partial charge in [-0.1, -0.05) is 30.3 Å². The lowest BCUT2D eigenvalue weighted by atomic mass is 10.00. The minimum atomic E-state index is -0.797. The van der Waals surface area contributed by atoms with Crippen LogP contribution in [-0.2, 0) is 39.9 Å². The third kappa shape index (κ3) is 3.75. The number of esters is 2. The van der Waals surface area contributed by atoms with Crippen molar-refractivity contribution in [2.24, 2.45) is 0 Å². The first-order valence-electron chi connectivity index (χ1n) is 7.81. The summed E-state index contributed by atoms with van der Waals surface area (Å²) < 4.78 is 27.8. The Labute approximate surface area is 139 Å². The van der Waals surface area contributed by atoms with Crippen molar-refractivity contribution < 1.29 is 33.3 Å². The molecule has 2 heterocycles. The molecule has 2 fully saturated rings. The highest BCUT2D eigenvalue weighted by molar-refractivity contribution is 5.67. The third-order valence-corrected chi connectivity index (χ3v) is 3.91. The maximum absolute atomic E-state index is 11.5. The van der Waals surface area contributed by atoms with Gasteiger partial charge in [-0.15, -0.1) is 0 Å². The Hall–Kier alpha value is -1.96. The number of fused-ring (bicyclic) bond motifs is 2. The summed E-state index contributed by atoms with van der Waals surface area (Å²) in [6, 6.07) is 9.57. The molecule has 0 aromatic heterocycles. The monoisotopic (exact) mass is 336 g/mol. The van der Waals surface area contributed by atoms with Gasteiger partial charge in [0.05, 0.1) is 13.2 Å². The summed E-state index contributed by atoms with van der Waals surface area (Å²) in [7, 11) is 0. The van der Waals surface area contributed by atoms with Crippen molar-refractivity contribution in [2.45, 2.75) is 51.2 Å². The van der Waals surface area contributed by atoms with E-state index in [9.17, 15) is 9.59 Å². The number of hydrogen-bond donors (Lipinski definition) is 0. The zero-order valence-corrected chi connectivity index (χ0v) is 13.5. The van der Waals surface area contributed by atoms with E-state index in [0.29, 0.717) is 6.61 Å². The zero-order valence-electron chi connectivity index (χ0n) is 13.5. The number of rotatable bonds is 5. The van der Waals surface area contributed by atoms with E-state index in [1.807, 2.05) is 30.3 Å². The molecule has 2 bridgehead atoms. The summed E-state index contributed by atoms with van der Waals surface area (Å²) in [6.07, 6.45) is -3.31. The van der Waals surface area contributed by atoms with E-state index in [2.05, 4.69) is 0 Å².